The van der Waals surface area contributed by atoms with Gasteiger partial charge in [0.15, 0.2) is 17.7 Å². The Hall–Kier alpha value is -2.76. The van der Waals surface area contributed by atoms with E-state index in [4.69, 9.17) is 14.2 Å². The van der Waals surface area contributed by atoms with Gasteiger partial charge in [0, 0.05) is 6.92 Å². The number of carbonyl (C=O) groups excluding carboxylic acids is 3. The molecule has 1 aliphatic rings. The van der Waals surface area contributed by atoms with Gasteiger partial charge in [0.1, 0.15) is 11.3 Å². The van der Waals surface area contributed by atoms with Crippen LogP contribution in [0.15, 0.2) is 12.1 Å². The molecule has 0 bridgehead atoms. The fraction of sp³-hybridized carbons (Fsp3) is 0.556. The lowest BCUT2D eigenvalue weighted by atomic mass is 10.1. The van der Waals surface area contributed by atoms with Gasteiger partial charge >= 0.3 is 18.1 Å². The zero-order valence-electron chi connectivity index (χ0n) is 16.6. The third-order valence-corrected chi connectivity index (χ3v) is 3.70. The van der Waals surface area contributed by atoms with Crippen molar-refractivity contribution in [3.8, 4) is 0 Å². The second-order valence-electron chi connectivity index (χ2n) is 7.34. The first-order chi connectivity index (χ1) is 13.7. The maximum Gasteiger partial charge on any atom is 0.433 e. The number of amides is 1. The zero-order valence-corrected chi connectivity index (χ0v) is 16.6. The van der Waals surface area contributed by atoms with Crippen molar-refractivity contribution in [3.05, 3.63) is 23.6 Å². The number of hydrogen-bond donors (Lipinski definition) is 0. The molecule has 1 aromatic heterocycles. The number of esters is 2. The zero-order chi connectivity index (χ0) is 22.9. The van der Waals surface area contributed by atoms with Crippen molar-refractivity contribution in [1.29, 1.82) is 0 Å². The molecule has 2 heterocycles. The van der Waals surface area contributed by atoms with E-state index in [9.17, 15) is 31.9 Å². The molecule has 2 rings (SSSR count). The van der Waals surface area contributed by atoms with Crippen LogP contribution in [-0.4, -0.2) is 53.8 Å². The summed E-state index contributed by atoms with van der Waals surface area (Å²) in [6.45, 7) is 4.97. The van der Waals surface area contributed by atoms with E-state index in [0.717, 1.165) is 6.92 Å². The summed E-state index contributed by atoms with van der Waals surface area (Å²) in [6.07, 6.45) is -8.47. The molecule has 1 saturated heterocycles. The summed E-state index contributed by atoms with van der Waals surface area (Å²) in [5.74, 6) is -5.20. The van der Waals surface area contributed by atoms with Gasteiger partial charge in [-0.1, -0.05) is 0 Å². The summed E-state index contributed by atoms with van der Waals surface area (Å²) in [7, 11) is 0. The van der Waals surface area contributed by atoms with Crippen LogP contribution in [0.3, 0.4) is 0 Å². The Morgan fingerprint density at radius 2 is 1.90 bits per heavy atom. The lowest BCUT2D eigenvalue weighted by Gasteiger charge is -2.35. The Morgan fingerprint density at radius 1 is 1.27 bits per heavy atom. The lowest BCUT2D eigenvalue weighted by molar-refractivity contribution is -0.188. The number of hydrogen-bond acceptors (Lipinski definition) is 7. The number of halogens is 4. The molecule has 2 atom stereocenters. The molecule has 0 unspecified atom stereocenters. The fourth-order valence-electron chi connectivity index (χ4n) is 2.58. The van der Waals surface area contributed by atoms with Crippen LogP contribution in [0.2, 0.25) is 0 Å². The van der Waals surface area contributed by atoms with Crippen LogP contribution >= 0.6 is 0 Å². The van der Waals surface area contributed by atoms with E-state index in [1.165, 1.54) is 20.8 Å². The molecule has 1 fully saturated rings. The molecule has 30 heavy (non-hydrogen) atoms. The number of rotatable bonds is 4. The predicted molar refractivity (Wildman–Crippen MR) is 92.7 cm³/mol. The molecule has 1 aromatic rings. The van der Waals surface area contributed by atoms with Crippen molar-refractivity contribution >= 4 is 23.7 Å². The molecule has 0 N–H and O–H groups in total. The van der Waals surface area contributed by atoms with Gasteiger partial charge in [-0.15, -0.1) is 0 Å². The molecular weight excluding hydrogens is 416 g/mol. The first-order valence-corrected chi connectivity index (χ1v) is 8.77. The average molecular weight is 436 g/mol. The smallest absolute Gasteiger partial charge is 0.433 e. The summed E-state index contributed by atoms with van der Waals surface area (Å²) in [5, 5.41) is 0. The predicted octanol–water partition coefficient (Wildman–Crippen LogP) is 2.24. The molecule has 166 valence electrons. The quantitative estimate of drug-likeness (QED) is 0.528. The van der Waals surface area contributed by atoms with Gasteiger partial charge in [-0.05, 0) is 32.9 Å². The summed E-state index contributed by atoms with van der Waals surface area (Å²) in [6, 6.07) is 0.962. The van der Waals surface area contributed by atoms with Crippen LogP contribution in [0, 0.1) is 5.82 Å². The summed E-state index contributed by atoms with van der Waals surface area (Å²) in [4.78, 5) is 40.5. The second kappa shape index (κ2) is 8.54. The van der Waals surface area contributed by atoms with Crippen molar-refractivity contribution in [2.24, 2.45) is 0 Å². The summed E-state index contributed by atoms with van der Waals surface area (Å²) >= 11 is 0. The number of nitrogens with zero attached hydrogens (tertiary/aromatic N) is 2. The molecule has 0 aliphatic carbocycles. The van der Waals surface area contributed by atoms with Crippen LogP contribution in [0.5, 0.6) is 0 Å². The second-order valence-corrected chi connectivity index (χ2v) is 7.34. The van der Waals surface area contributed by atoms with Gasteiger partial charge in [-0.3, -0.25) is 14.5 Å². The van der Waals surface area contributed by atoms with Crippen LogP contribution < -0.4 is 4.90 Å². The van der Waals surface area contributed by atoms with E-state index in [2.05, 4.69) is 4.98 Å². The molecule has 1 amide bonds. The number of pyridine rings is 1. The van der Waals surface area contributed by atoms with Crippen molar-refractivity contribution in [1.82, 2.24) is 4.98 Å². The molecule has 12 heteroatoms. The molecular formula is C18H20F4N2O6. The highest BCUT2D eigenvalue weighted by molar-refractivity contribution is 6.00. The molecule has 8 nitrogen and oxygen atoms in total. The van der Waals surface area contributed by atoms with Crippen molar-refractivity contribution in [2.45, 2.75) is 51.7 Å². The van der Waals surface area contributed by atoms with Gasteiger partial charge in [0.25, 0.3) is 5.91 Å². The molecule has 0 spiro atoms. The van der Waals surface area contributed by atoms with Crippen LogP contribution in [0.4, 0.5) is 23.4 Å². The number of anilines is 1. The lowest BCUT2D eigenvalue weighted by Crippen LogP contribution is -2.57. The van der Waals surface area contributed by atoms with Gasteiger partial charge < -0.3 is 14.2 Å². The number of aromatic nitrogens is 1. The van der Waals surface area contributed by atoms with E-state index >= 15 is 0 Å². The van der Waals surface area contributed by atoms with Crippen LogP contribution in [0.1, 0.15) is 33.4 Å². The van der Waals surface area contributed by atoms with Crippen molar-refractivity contribution < 1.29 is 46.2 Å². The maximum absolute atomic E-state index is 14.2. The Balaban J connectivity index is 2.39. The monoisotopic (exact) mass is 436 g/mol. The van der Waals surface area contributed by atoms with Gasteiger partial charge in [-0.2, -0.15) is 13.2 Å². The molecule has 1 aliphatic heterocycles. The third-order valence-electron chi connectivity index (χ3n) is 3.70. The Kier molecular flexibility index (Phi) is 6.70. The highest BCUT2D eigenvalue weighted by atomic mass is 19.4. The largest absolute Gasteiger partial charge is 0.457 e. The minimum Gasteiger partial charge on any atom is -0.457 e. The van der Waals surface area contributed by atoms with E-state index in [1.54, 1.807) is 0 Å². The third kappa shape index (κ3) is 5.65. The Morgan fingerprint density at radius 3 is 2.43 bits per heavy atom. The highest BCUT2D eigenvalue weighted by Crippen LogP contribution is 2.31. The Bertz CT molecular complexity index is 837. The minimum absolute atomic E-state index is 0.283. The van der Waals surface area contributed by atoms with Crippen molar-refractivity contribution in [3.63, 3.8) is 0 Å². The molecule has 0 radical (unpaired) electrons. The van der Waals surface area contributed by atoms with E-state index in [-0.39, 0.29) is 13.2 Å². The normalized spacial score (nSPS) is 18.7. The average Bonchev–Trinajstić information content (AvgIpc) is 2.58. The summed E-state index contributed by atoms with van der Waals surface area (Å²) < 4.78 is 68.3. The Labute approximate surface area is 169 Å². The van der Waals surface area contributed by atoms with E-state index in [1.807, 2.05) is 0 Å². The molecule has 0 saturated carbocycles. The molecule has 0 aromatic carbocycles. The van der Waals surface area contributed by atoms with Gasteiger partial charge in [0.05, 0.1) is 13.2 Å². The standard InChI is InChI=1S/C18H20F4N2O6/c1-9(25)29-13(16(27)30-17(2,3)4)12-15(26)24(7-8-28-12)14-10(19)5-6-11(23-14)18(20,21)22/h5-6,12-13H,7-8H2,1-4H3/t12-,13-/m1/s1. The van der Waals surface area contributed by atoms with Crippen LogP contribution in [-0.2, 0) is 34.8 Å². The maximum atomic E-state index is 14.2. The highest BCUT2D eigenvalue weighted by Gasteiger charge is 2.45. The number of morpholine rings is 1. The van der Waals surface area contributed by atoms with E-state index < -0.39 is 59.2 Å². The number of ether oxygens (including phenoxy) is 3. The van der Waals surface area contributed by atoms with Crippen LogP contribution in [0.25, 0.3) is 0 Å². The number of carbonyl (C=O) groups is 3. The number of alkyl halides is 3. The first-order valence-electron chi connectivity index (χ1n) is 8.77. The minimum atomic E-state index is -4.87. The fourth-order valence-corrected chi connectivity index (χ4v) is 2.58. The SMILES string of the molecule is CC(=O)O[C@@H](C(=O)OC(C)(C)C)[C@H]1OCCN(c2nc(C(F)(F)F)ccc2F)C1=O. The first kappa shape index (κ1) is 23.5. The van der Waals surface area contributed by atoms with Crippen molar-refractivity contribution in [2.75, 3.05) is 18.1 Å². The topological polar surface area (TPSA) is 95.0 Å². The van der Waals surface area contributed by atoms with E-state index in [0.29, 0.717) is 17.0 Å². The summed E-state index contributed by atoms with van der Waals surface area (Å²) in [5.41, 5.74) is -2.40. The van der Waals surface area contributed by atoms with Gasteiger partial charge in [-0.25, -0.2) is 14.2 Å². The van der Waals surface area contributed by atoms with Gasteiger partial charge in [0.2, 0.25) is 6.10 Å².